The predicted octanol–water partition coefficient (Wildman–Crippen LogP) is 2.36. The molecule has 4 N–H and O–H groups in total. The third kappa shape index (κ3) is 5.33. The molecule has 0 amide bonds. The zero-order valence-electron chi connectivity index (χ0n) is 17.3. The van der Waals surface area contributed by atoms with Crippen molar-refractivity contribution in [1.82, 2.24) is 10.0 Å². The maximum absolute atomic E-state index is 12.9. The number of hydrogen-bond donors (Lipinski definition) is 4. The van der Waals surface area contributed by atoms with Crippen molar-refractivity contribution < 1.29 is 23.1 Å². The van der Waals surface area contributed by atoms with Gasteiger partial charge in [0.1, 0.15) is 17.4 Å². The van der Waals surface area contributed by atoms with Gasteiger partial charge in [0, 0.05) is 23.4 Å². The number of hydrogen-bond acceptors (Lipinski definition) is 6. The van der Waals surface area contributed by atoms with Crippen molar-refractivity contribution in [2.45, 2.75) is 63.5 Å². The molecule has 30 heavy (non-hydrogen) atoms. The van der Waals surface area contributed by atoms with Crippen molar-refractivity contribution in [1.29, 1.82) is 5.41 Å². The number of rotatable bonds is 8. The van der Waals surface area contributed by atoms with Crippen molar-refractivity contribution in [3.05, 3.63) is 33.2 Å². The first-order valence-corrected chi connectivity index (χ1v) is 10.8. The lowest BCUT2D eigenvalue weighted by molar-refractivity contribution is -0.138. The summed E-state index contributed by atoms with van der Waals surface area (Å²) in [7, 11) is -4.01. The van der Waals surface area contributed by atoms with E-state index in [1.165, 1.54) is 0 Å². The third-order valence-corrected chi connectivity index (χ3v) is 6.36. The van der Waals surface area contributed by atoms with Gasteiger partial charge in [-0.25, -0.2) is 13.1 Å². The summed E-state index contributed by atoms with van der Waals surface area (Å²) in [6.07, 6.45) is 0.914. The molecule has 1 aromatic rings. The van der Waals surface area contributed by atoms with Crippen LogP contribution in [0.15, 0.2) is 16.1 Å². The number of ether oxygens (including phenoxy) is 1. The molecule has 0 aliphatic carbocycles. The molecule has 0 fully saturated rings. The van der Waals surface area contributed by atoms with Gasteiger partial charge in [0.15, 0.2) is 0 Å². The van der Waals surface area contributed by atoms with Gasteiger partial charge in [0.2, 0.25) is 5.96 Å². The van der Waals surface area contributed by atoms with E-state index >= 15 is 0 Å². The van der Waals surface area contributed by atoms with Crippen LogP contribution in [0.5, 0.6) is 5.75 Å². The number of guanidine groups is 1. The van der Waals surface area contributed by atoms with Crippen LogP contribution in [0.2, 0.25) is 0 Å². The minimum atomic E-state index is -4.01. The molecule has 0 aromatic heterocycles. The molecule has 11 nitrogen and oxygen atoms in total. The predicted molar refractivity (Wildman–Crippen MR) is 110 cm³/mol. The topological polar surface area (TPSA) is 177 Å². The second kappa shape index (κ2) is 8.80. The molecule has 1 aromatic carbocycles. The third-order valence-electron chi connectivity index (χ3n) is 4.72. The first-order chi connectivity index (χ1) is 13.9. The number of aryl methyl sites for hydroxylation is 1. The zero-order chi connectivity index (χ0) is 22.7. The van der Waals surface area contributed by atoms with Crippen LogP contribution in [0.25, 0.3) is 10.4 Å². The van der Waals surface area contributed by atoms with E-state index in [0.717, 1.165) is 5.56 Å². The lowest BCUT2D eigenvalue weighted by atomic mass is 9.97. The average Bonchev–Trinajstić information content (AvgIpc) is 2.91. The largest absolute Gasteiger partial charge is 0.487 e. The van der Waals surface area contributed by atoms with Crippen LogP contribution in [0, 0.1) is 19.3 Å². The number of nitrogens with zero attached hydrogens (tertiary/aromatic N) is 3. The Morgan fingerprint density at radius 2 is 2.13 bits per heavy atom. The van der Waals surface area contributed by atoms with Gasteiger partial charge >= 0.3 is 5.97 Å². The van der Waals surface area contributed by atoms with E-state index in [1.807, 2.05) is 13.8 Å². The number of nitrogens with one attached hydrogen (secondary N) is 3. The quantitative estimate of drug-likeness (QED) is 0.121. The van der Waals surface area contributed by atoms with Crippen LogP contribution in [0.4, 0.5) is 0 Å². The maximum atomic E-state index is 12.9. The Morgan fingerprint density at radius 1 is 1.47 bits per heavy atom. The minimum Gasteiger partial charge on any atom is -0.487 e. The number of fused-ring (bicyclic) bond motifs is 1. The van der Waals surface area contributed by atoms with Crippen LogP contribution in [-0.2, 0) is 21.2 Å². The molecule has 1 atom stereocenters. The second-order valence-corrected chi connectivity index (χ2v) is 9.39. The number of carboxylic acids is 1. The second-order valence-electron chi connectivity index (χ2n) is 7.77. The number of benzene rings is 1. The molecule has 0 saturated heterocycles. The number of aliphatic carboxylic acids is 1. The molecular weight excluding hydrogens is 412 g/mol. The van der Waals surface area contributed by atoms with Crippen molar-refractivity contribution in [3.8, 4) is 5.75 Å². The van der Waals surface area contributed by atoms with E-state index in [2.05, 4.69) is 20.1 Å². The Kier molecular flexibility index (Phi) is 6.84. The molecule has 2 rings (SSSR count). The lowest BCUT2D eigenvalue weighted by Gasteiger charge is -2.17. The summed E-state index contributed by atoms with van der Waals surface area (Å²) in [6.45, 7) is 7.41. The number of sulfonamides is 1. The molecule has 0 unspecified atom stereocenters. The standard InChI is InChI=1S/C18H26N6O5S/c1-10-8-14-12(9-18(3,4)29-14)11(2)15(10)30(27,28)23-17(19)21-7-5-6-13(16(25)26)22-24-20/h8,13H,5-7,9H2,1-4H3,(H,25,26)(H3,19,21,23)/t13-/m0/s1. The smallest absolute Gasteiger partial charge is 0.312 e. The van der Waals surface area contributed by atoms with Crippen molar-refractivity contribution in [2.75, 3.05) is 6.54 Å². The summed E-state index contributed by atoms with van der Waals surface area (Å²) >= 11 is 0. The van der Waals surface area contributed by atoms with Gasteiger partial charge in [-0.3, -0.25) is 10.2 Å². The van der Waals surface area contributed by atoms with Crippen molar-refractivity contribution in [2.24, 2.45) is 5.11 Å². The Bertz CT molecular complexity index is 1010. The molecule has 0 saturated carbocycles. The summed E-state index contributed by atoms with van der Waals surface area (Å²) in [4.78, 5) is 13.5. The molecule has 12 heteroatoms. The van der Waals surface area contributed by atoms with E-state index in [9.17, 15) is 13.2 Å². The molecule has 0 radical (unpaired) electrons. The Balaban J connectivity index is 2.05. The highest BCUT2D eigenvalue weighted by Gasteiger charge is 2.34. The number of carboxylic acid groups (broad SMARTS) is 1. The number of carbonyl (C=O) groups is 1. The Labute approximate surface area is 175 Å². The Hall–Kier alpha value is -2.98. The fourth-order valence-corrected chi connectivity index (χ4v) is 4.93. The zero-order valence-corrected chi connectivity index (χ0v) is 18.1. The summed E-state index contributed by atoms with van der Waals surface area (Å²) < 4.78 is 33.9. The van der Waals surface area contributed by atoms with E-state index < -0.39 is 33.6 Å². The van der Waals surface area contributed by atoms with Gasteiger partial charge in [-0.2, -0.15) is 0 Å². The van der Waals surface area contributed by atoms with Crippen molar-refractivity contribution in [3.63, 3.8) is 0 Å². The van der Waals surface area contributed by atoms with E-state index in [0.29, 0.717) is 23.3 Å². The normalized spacial score (nSPS) is 15.3. The van der Waals surface area contributed by atoms with Crippen LogP contribution in [-0.4, -0.2) is 43.6 Å². The highest BCUT2D eigenvalue weighted by Crippen LogP contribution is 2.40. The summed E-state index contributed by atoms with van der Waals surface area (Å²) in [5, 5.41) is 22.6. The SMILES string of the molecule is Cc1cc2c(c(C)c1S(=O)(=O)NC(=N)NCCC[C@H](N=[N+]=[N-])C(=O)O)CC(C)(C)O2. The highest BCUT2D eigenvalue weighted by molar-refractivity contribution is 7.90. The van der Waals surface area contributed by atoms with Crippen LogP contribution < -0.4 is 14.8 Å². The summed E-state index contributed by atoms with van der Waals surface area (Å²) in [5.41, 5.74) is 9.89. The van der Waals surface area contributed by atoms with Crippen LogP contribution in [0.1, 0.15) is 43.4 Å². The first-order valence-electron chi connectivity index (χ1n) is 9.32. The molecule has 0 spiro atoms. The number of azide groups is 1. The molecule has 1 aliphatic rings. The average molecular weight is 439 g/mol. The lowest BCUT2D eigenvalue weighted by Crippen LogP contribution is -2.41. The van der Waals surface area contributed by atoms with Gasteiger partial charge in [-0.15, -0.1) is 0 Å². The molecule has 0 bridgehead atoms. The summed E-state index contributed by atoms with van der Waals surface area (Å²) in [6, 6.07) is 0.496. The molecule has 1 heterocycles. The van der Waals surface area contributed by atoms with E-state index in [1.54, 1.807) is 19.9 Å². The van der Waals surface area contributed by atoms with Gasteiger partial charge < -0.3 is 15.2 Å². The fourth-order valence-electron chi connectivity index (χ4n) is 3.47. The monoisotopic (exact) mass is 438 g/mol. The summed E-state index contributed by atoms with van der Waals surface area (Å²) in [5.74, 6) is -0.991. The van der Waals surface area contributed by atoms with E-state index in [4.69, 9.17) is 20.8 Å². The maximum Gasteiger partial charge on any atom is 0.312 e. The van der Waals surface area contributed by atoms with Gasteiger partial charge in [-0.1, -0.05) is 5.11 Å². The van der Waals surface area contributed by atoms with Gasteiger partial charge in [-0.05, 0) is 63.3 Å². The van der Waals surface area contributed by atoms with Crippen LogP contribution in [0.3, 0.4) is 0 Å². The Morgan fingerprint density at radius 3 is 2.73 bits per heavy atom. The van der Waals surface area contributed by atoms with Crippen molar-refractivity contribution >= 4 is 22.0 Å². The van der Waals surface area contributed by atoms with Gasteiger partial charge in [0.05, 0.1) is 4.90 Å². The fraction of sp³-hybridized carbons (Fsp3) is 0.556. The minimum absolute atomic E-state index is 0.0608. The molecule has 164 valence electrons. The highest BCUT2D eigenvalue weighted by atomic mass is 32.2. The molecule has 1 aliphatic heterocycles. The van der Waals surface area contributed by atoms with Crippen LogP contribution >= 0.6 is 0 Å². The van der Waals surface area contributed by atoms with E-state index in [-0.39, 0.29) is 24.3 Å². The van der Waals surface area contributed by atoms with Gasteiger partial charge in [0.25, 0.3) is 10.0 Å². The first kappa shape index (κ1) is 23.3. The molecular formula is C18H26N6O5S.